The maximum absolute atomic E-state index is 13.7. The number of aliphatic carboxylic acids is 1. The van der Waals surface area contributed by atoms with E-state index >= 15 is 0 Å². The van der Waals surface area contributed by atoms with Crippen LogP contribution >= 0.6 is 0 Å². The van der Waals surface area contributed by atoms with E-state index in [0.717, 1.165) is 58.1 Å². The molecule has 8 rings (SSSR count). The van der Waals surface area contributed by atoms with Crippen LogP contribution in [0.4, 0.5) is 4.39 Å². The SMILES string of the molecule is CC1=C(CC(=O)O)c2cc(F)ccc2/C1=C\c1ccc(S(C)=O)cc1.COc1ccc2c3c1O[C@H]1[C@@H](O)C=C[C@H]4[C@@H](C2)N(C)CC[C@@]341. The number of carboxylic acids is 1. The number of hydrogen-bond donors (Lipinski definition) is 2. The van der Waals surface area contributed by atoms with E-state index in [1.165, 1.54) is 23.3 Å². The quantitative estimate of drug-likeness (QED) is 0.332. The van der Waals surface area contributed by atoms with Gasteiger partial charge in [0.1, 0.15) is 18.0 Å². The number of aliphatic hydroxyl groups excluding tert-OH is 1. The average Bonchev–Trinajstić information content (AvgIpc) is 3.52. The molecule has 3 aromatic carbocycles. The van der Waals surface area contributed by atoms with Gasteiger partial charge in [0.15, 0.2) is 11.5 Å². The molecule has 2 N–H and O–H groups in total. The third-order valence-electron chi connectivity index (χ3n) is 10.7. The standard InChI is InChI=1S/C20H17FO3S.C18H21NO3/c1-12-17(9-13-3-6-15(7-4-13)25(2)24)16-8-5-14(21)10-19(16)18(12)11-20(22)23;1-19-8-7-18-11-4-5-13(20)17(18)22-16-14(21-2)6-3-10(15(16)18)9-12(11)19/h3-10H,11H2,1-2H3,(H,22,23);3-6,11-13,17,20H,7-9H2,1-2H3/b17-9-;/t;11-,12+,13-,17-,18-/m.0/s1. The number of ether oxygens (including phenoxy) is 2. The Morgan fingerprint density at radius 1 is 1.15 bits per heavy atom. The molecule has 2 bridgehead atoms. The van der Waals surface area contributed by atoms with Gasteiger partial charge in [-0.3, -0.25) is 9.00 Å². The summed E-state index contributed by atoms with van der Waals surface area (Å²) in [5, 5.41) is 19.7. The molecule has 0 aromatic heterocycles. The maximum Gasteiger partial charge on any atom is 0.307 e. The Hall–Kier alpha value is -4.05. The lowest BCUT2D eigenvalue weighted by molar-refractivity contribution is -0.135. The predicted molar refractivity (Wildman–Crippen MR) is 180 cm³/mol. The summed E-state index contributed by atoms with van der Waals surface area (Å²) in [5.74, 6) is 0.762. The molecule has 5 aliphatic rings. The fourth-order valence-electron chi connectivity index (χ4n) is 8.44. The second kappa shape index (κ2) is 11.9. The first-order valence-corrected chi connectivity index (χ1v) is 17.4. The van der Waals surface area contributed by atoms with Crippen LogP contribution in [-0.2, 0) is 27.4 Å². The Balaban J connectivity index is 0.000000150. The summed E-state index contributed by atoms with van der Waals surface area (Å²) in [5.41, 5.74) is 7.35. The molecule has 9 heteroatoms. The van der Waals surface area contributed by atoms with Crippen LogP contribution in [-0.4, -0.2) is 70.5 Å². The second-order valence-electron chi connectivity index (χ2n) is 13.1. The molecule has 1 fully saturated rings. The number of piperidine rings is 1. The van der Waals surface area contributed by atoms with Crippen molar-refractivity contribution in [3.05, 3.63) is 106 Å². The number of rotatable bonds is 5. The fraction of sp³-hybridized carbons (Fsp3) is 0.342. The van der Waals surface area contributed by atoms with Crippen LogP contribution in [0.5, 0.6) is 11.5 Å². The molecule has 47 heavy (non-hydrogen) atoms. The minimum atomic E-state index is -1.04. The van der Waals surface area contributed by atoms with Gasteiger partial charge >= 0.3 is 5.97 Å². The molecule has 244 valence electrons. The molecule has 0 saturated carbocycles. The normalized spacial score (nSPS) is 27.8. The van der Waals surface area contributed by atoms with Crippen molar-refractivity contribution in [1.29, 1.82) is 0 Å². The molecule has 2 heterocycles. The number of benzene rings is 3. The summed E-state index contributed by atoms with van der Waals surface area (Å²) in [4.78, 5) is 14.4. The molecule has 6 atom stereocenters. The van der Waals surface area contributed by atoms with E-state index in [9.17, 15) is 18.5 Å². The van der Waals surface area contributed by atoms with Crippen LogP contribution in [0.2, 0.25) is 0 Å². The molecule has 0 amide bonds. The molecule has 1 spiro atoms. The first-order valence-electron chi connectivity index (χ1n) is 15.8. The van der Waals surface area contributed by atoms with E-state index < -0.39 is 22.9 Å². The van der Waals surface area contributed by atoms with E-state index in [1.807, 2.05) is 37.3 Å². The molecule has 0 radical (unpaired) electrons. The van der Waals surface area contributed by atoms with E-state index in [2.05, 4.69) is 24.1 Å². The number of aliphatic hydroxyl groups is 1. The van der Waals surface area contributed by atoms with Gasteiger partial charge in [-0.05, 0) is 109 Å². The summed E-state index contributed by atoms with van der Waals surface area (Å²) < 4.78 is 37.0. The summed E-state index contributed by atoms with van der Waals surface area (Å²) in [6.45, 7) is 2.91. The Kier molecular flexibility index (Phi) is 7.97. The van der Waals surface area contributed by atoms with Crippen molar-refractivity contribution >= 4 is 34.0 Å². The molecule has 1 saturated heterocycles. The van der Waals surface area contributed by atoms with Crippen molar-refractivity contribution in [3.8, 4) is 11.5 Å². The molecule has 7 nitrogen and oxygen atoms in total. The van der Waals surface area contributed by atoms with Gasteiger partial charge in [-0.2, -0.15) is 0 Å². The summed E-state index contributed by atoms with van der Waals surface area (Å²) >= 11 is 0. The number of likely N-dealkylation sites (N-methyl/N-ethyl adjacent to an activating group) is 1. The molecular weight excluding hydrogens is 617 g/mol. The van der Waals surface area contributed by atoms with Gasteiger partial charge in [0.2, 0.25) is 0 Å². The number of halogens is 1. The molecule has 1 unspecified atom stereocenters. The van der Waals surface area contributed by atoms with Crippen molar-refractivity contribution in [1.82, 2.24) is 4.90 Å². The van der Waals surface area contributed by atoms with Crippen molar-refractivity contribution < 1.29 is 33.1 Å². The highest BCUT2D eigenvalue weighted by Crippen LogP contribution is 2.62. The van der Waals surface area contributed by atoms with E-state index in [-0.39, 0.29) is 23.8 Å². The average molecular weight is 656 g/mol. The highest BCUT2D eigenvalue weighted by molar-refractivity contribution is 7.84. The highest BCUT2D eigenvalue weighted by Gasteiger charge is 2.64. The number of allylic oxidation sites excluding steroid dienone is 2. The third-order valence-corrected chi connectivity index (χ3v) is 11.6. The lowest BCUT2D eigenvalue weighted by Crippen LogP contribution is -2.64. The zero-order chi connectivity index (χ0) is 33.2. The number of likely N-dealkylation sites (tertiary alicyclic amines) is 1. The Morgan fingerprint density at radius 3 is 2.62 bits per heavy atom. The highest BCUT2D eigenvalue weighted by atomic mass is 32.2. The van der Waals surface area contributed by atoms with Crippen molar-refractivity contribution in [2.75, 3.05) is 27.0 Å². The van der Waals surface area contributed by atoms with E-state index in [4.69, 9.17) is 14.6 Å². The molecular formula is C38H38FNO6S. The van der Waals surface area contributed by atoms with Crippen LogP contribution in [0, 0.1) is 11.7 Å². The minimum Gasteiger partial charge on any atom is -0.493 e. The van der Waals surface area contributed by atoms with Gasteiger partial charge in [0.25, 0.3) is 0 Å². The van der Waals surface area contributed by atoms with Gasteiger partial charge in [-0.25, -0.2) is 4.39 Å². The van der Waals surface area contributed by atoms with Crippen LogP contribution in [0.1, 0.15) is 47.6 Å². The lowest BCUT2D eigenvalue weighted by Gasteiger charge is -2.56. The topological polar surface area (TPSA) is 96.3 Å². The maximum atomic E-state index is 13.7. The van der Waals surface area contributed by atoms with Crippen LogP contribution in [0.3, 0.4) is 0 Å². The van der Waals surface area contributed by atoms with Crippen LogP contribution in [0.25, 0.3) is 17.2 Å². The summed E-state index contributed by atoms with van der Waals surface area (Å²) in [7, 11) is 2.87. The summed E-state index contributed by atoms with van der Waals surface area (Å²) in [6, 6.07) is 16.5. The first-order chi connectivity index (χ1) is 22.5. The van der Waals surface area contributed by atoms with E-state index in [1.54, 1.807) is 31.6 Å². The first kappa shape index (κ1) is 31.5. The number of methoxy groups -OCH3 is 1. The van der Waals surface area contributed by atoms with Gasteiger partial charge in [-0.1, -0.05) is 36.4 Å². The second-order valence-corrected chi connectivity index (χ2v) is 14.4. The molecule has 3 aliphatic carbocycles. The van der Waals surface area contributed by atoms with Gasteiger partial charge in [-0.15, -0.1) is 0 Å². The Morgan fingerprint density at radius 2 is 1.91 bits per heavy atom. The smallest absolute Gasteiger partial charge is 0.307 e. The zero-order valence-corrected chi connectivity index (χ0v) is 27.6. The van der Waals surface area contributed by atoms with Crippen LogP contribution in [0.15, 0.2) is 77.2 Å². The molecule has 2 aliphatic heterocycles. The fourth-order valence-corrected chi connectivity index (χ4v) is 8.96. The Labute approximate surface area is 276 Å². The predicted octanol–water partition coefficient (Wildman–Crippen LogP) is 5.87. The third kappa shape index (κ3) is 5.07. The Bertz CT molecular complexity index is 1900. The largest absolute Gasteiger partial charge is 0.493 e. The van der Waals surface area contributed by atoms with Crippen molar-refractivity contribution in [3.63, 3.8) is 0 Å². The van der Waals surface area contributed by atoms with Gasteiger partial charge in [0.05, 0.1) is 13.5 Å². The van der Waals surface area contributed by atoms with Crippen molar-refractivity contribution in [2.24, 2.45) is 5.92 Å². The van der Waals surface area contributed by atoms with Gasteiger partial charge in [0, 0.05) is 44.9 Å². The minimum absolute atomic E-state index is 0.0806. The van der Waals surface area contributed by atoms with Gasteiger partial charge < -0.3 is 24.6 Å². The number of carboxylic acid groups (broad SMARTS) is 1. The zero-order valence-electron chi connectivity index (χ0n) is 26.8. The lowest BCUT2D eigenvalue weighted by atomic mass is 9.53. The number of nitrogens with zero attached hydrogens (tertiary/aromatic N) is 1. The van der Waals surface area contributed by atoms with Crippen LogP contribution < -0.4 is 9.47 Å². The van der Waals surface area contributed by atoms with E-state index in [0.29, 0.717) is 23.1 Å². The van der Waals surface area contributed by atoms with Crippen molar-refractivity contribution in [2.45, 2.75) is 54.7 Å². The number of hydrogen-bond acceptors (Lipinski definition) is 6. The monoisotopic (exact) mass is 655 g/mol. The number of carbonyl (C=O) groups is 1. The molecule has 3 aromatic rings. The summed E-state index contributed by atoms with van der Waals surface area (Å²) in [6.07, 6.45) is 8.96. The number of fused-ring (bicyclic) bond motifs is 1.